The van der Waals surface area contributed by atoms with Gasteiger partial charge in [0.05, 0.1) is 0 Å². The van der Waals surface area contributed by atoms with Gasteiger partial charge < -0.3 is 19.6 Å². The maximum Gasteiger partial charge on any atom is 0.231 e. The van der Waals surface area contributed by atoms with E-state index in [9.17, 15) is 0 Å². The lowest BCUT2D eigenvalue weighted by Gasteiger charge is -2.07. The van der Waals surface area contributed by atoms with E-state index in [0.29, 0.717) is 18.3 Å². The number of hydrogen-bond acceptors (Lipinski definition) is 6. The fourth-order valence-corrected chi connectivity index (χ4v) is 1.76. The van der Waals surface area contributed by atoms with Crippen LogP contribution in [0.2, 0.25) is 0 Å². The van der Waals surface area contributed by atoms with Crippen molar-refractivity contribution < 1.29 is 14.2 Å². The Bertz CT molecular complexity index is 589. The number of anilines is 1. The lowest BCUT2D eigenvalue weighted by molar-refractivity contribution is 0.174. The molecular formula is C13H13N3O3. The van der Waals surface area contributed by atoms with Crippen molar-refractivity contribution in [1.82, 2.24) is 4.98 Å². The second-order valence-corrected chi connectivity index (χ2v) is 3.98. The number of hydrazine groups is 1. The largest absolute Gasteiger partial charge is 0.473 e. The Labute approximate surface area is 110 Å². The number of hydrogen-bond donors (Lipinski definition) is 2. The number of nitrogens with zero attached hydrogens (tertiary/aromatic N) is 1. The summed E-state index contributed by atoms with van der Waals surface area (Å²) in [6.07, 6.45) is 0. The average molecular weight is 259 g/mol. The summed E-state index contributed by atoms with van der Waals surface area (Å²) in [6.45, 7) is 0.670. The molecule has 0 spiro atoms. The highest BCUT2D eigenvalue weighted by Crippen LogP contribution is 2.32. The minimum Gasteiger partial charge on any atom is -0.473 e. The molecule has 1 aromatic carbocycles. The minimum absolute atomic E-state index is 0.269. The molecule has 98 valence electrons. The first-order valence-corrected chi connectivity index (χ1v) is 5.80. The number of nitrogens with two attached hydrogens (primary N) is 1. The predicted octanol–water partition coefficient (Wildman–Crippen LogP) is 1.67. The highest BCUT2D eigenvalue weighted by molar-refractivity contribution is 5.44. The van der Waals surface area contributed by atoms with Gasteiger partial charge in [0.2, 0.25) is 12.7 Å². The zero-order valence-corrected chi connectivity index (χ0v) is 10.1. The summed E-state index contributed by atoms with van der Waals surface area (Å²) in [5.74, 6) is 7.86. The van der Waals surface area contributed by atoms with E-state index in [-0.39, 0.29) is 6.79 Å². The van der Waals surface area contributed by atoms with Gasteiger partial charge in [-0.05, 0) is 23.8 Å². The smallest absolute Gasteiger partial charge is 0.231 e. The van der Waals surface area contributed by atoms with Gasteiger partial charge in [-0.15, -0.1) is 0 Å². The Morgan fingerprint density at radius 2 is 2.11 bits per heavy atom. The summed E-state index contributed by atoms with van der Waals surface area (Å²) in [4.78, 5) is 4.16. The van der Waals surface area contributed by atoms with Crippen LogP contribution in [0.1, 0.15) is 5.56 Å². The van der Waals surface area contributed by atoms with Gasteiger partial charge in [-0.2, -0.15) is 4.98 Å². The van der Waals surface area contributed by atoms with Crippen molar-refractivity contribution in [2.24, 2.45) is 5.84 Å². The van der Waals surface area contributed by atoms with Gasteiger partial charge in [-0.1, -0.05) is 12.1 Å². The lowest BCUT2D eigenvalue weighted by Crippen LogP contribution is -2.08. The second kappa shape index (κ2) is 5.03. The standard InChI is InChI=1S/C13H13N3O3/c14-16-12-2-1-3-13(15-12)17-7-9-4-5-10-11(6-9)19-8-18-10/h1-6H,7-8,14H2,(H,15,16). The van der Waals surface area contributed by atoms with Crippen LogP contribution in [0.25, 0.3) is 0 Å². The van der Waals surface area contributed by atoms with E-state index >= 15 is 0 Å². The number of fused-ring (bicyclic) bond motifs is 1. The first kappa shape index (κ1) is 11.6. The normalized spacial score (nSPS) is 12.3. The quantitative estimate of drug-likeness (QED) is 0.642. The van der Waals surface area contributed by atoms with Crippen LogP contribution in [-0.2, 0) is 6.61 Å². The SMILES string of the molecule is NNc1cccc(OCc2ccc3c(c2)OCO3)n1. The van der Waals surface area contributed by atoms with Crippen LogP contribution in [0.3, 0.4) is 0 Å². The Morgan fingerprint density at radius 1 is 1.21 bits per heavy atom. The molecule has 0 radical (unpaired) electrons. The van der Waals surface area contributed by atoms with Gasteiger partial charge in [0.25, 0.3) is 0 Å². The van der Waals surface area contributed by atoms with E-state index < -0.39 is 0 Å². The monoisotopic (exact) mass is 259 g/mol. The number of rotatable bonds is 4. The van der Waals surface area contributed by atoms with Crippen molar-refractivity contribution in [3.8, 4) is 17.4 Å². The molecule has 3 N–H and O–H groups in total. The average Bonchev–Trinajstić information content (AvgIpc) is 2.93. The van der Waals surface area contributed by atoms with Crippen molar-refractivity contribution in [3.63, 3.8) is 0 Å². The molecule has 6 heteroatoms. The van der Waals surface area contributed by atoms with Gasteiger partial charge >= 0.3 is 0 Å². The Hall–Kier alpha value is -2.47. The van der Waals surface area contributed by atoms with Crippen molar-refractivity contribution in [1.29, 1.82) is 0 Å². The fraction of sp³-hybridized carbons (Fsp3) is 0.154. The van der Waals surface area contributed by atoms with Crippen LogP contribution in [0.5, 0.6) is 17.4 Å². The molecule has 19 heavy (non-hydrogen) atoms. The summed E-state index contributed by atoms with van der Waals surface area (Å²) < 4.78 is 16.1. The van der Waals surface area contributed by atoms with E-state index in [1.54, 1.807) is 12.1 Å². The van der Waals surface area contributed by atoms with Gasteiger partial charge in [-0.25, -0.2) is 5.84 Å². The maximum atomic E-state index is 5.59. The molecular weight excluding hydrogens is 246 g/mol. The molecule has 0 aliphatic carbocycles. The molecule has 0 saturated carbocycles. The molecule has 0 unspecified atom stereocenters. The summed E-state index contributed by atoms with van der Waals surface area (Å²) in [5.41, 5.74) is 3.46. The molecule has 0 atom stereocenters. The zero-order chi connectivity index (χ0) is 13.1. The molecule has 1 aromatic heterocycles. The minimum atomic E-state index is 0.269. The van der Waals surface area contributed by atoms with Gasteiger partial charge in [0, 0.05) is 6.07 Å². The molecule has 1 aliphatic heterocycles. The van der Waals surface area contributed by atoms with Crippen LogP contribution in [0.15, 0.2) is 36.4 Å². The van der Waals surface area contributed by atoms with Crippen molar-refractivity contribution in [3.05, 3.63) is 42.0 Å². The molecule has 3 rings (SSSR count). The zero-order valence-electron chi connectivity index (χ0n) is 10.1. The number of benzene rings is 1. The molecule has 2 heterocycles. The number of nitrogen functional groups attached to an aromatic ring is 1. The van der Waals surface area contributed by atoms with Crippen LogP contribution < -0.4 is 25.5 Å². The van der Waals surface area contributed by atoms with Crippen LogP contribution in [0, 0.1) is 0 Å². The Morgan fingerprint density at radius 3 is 3.00 bits per heavy atom. The van der Waals surface area contributed by atoms with E-state index in [2.05, 4.69) is 10.4 Å². The number of nitrogens with one attached hydrogen (secondary N) is 1. The summed E-state index contributed by atoms with van der Waals surface area (Å²) >= 11 is 0. The Kier molecular flexibility index (Phi) is 3.07. The van der Waals surface area contributed by atoms with E-state index in [1.807, 2.05) is 24.3 Å². The molecule has 2 aromatic rings. The van der Waals surface area contributed by atoms with Crippen molar-refractivity contribution in [2.45, 2.75) is 6.61 Å². The molecule has 0 amide bonds. The van der Waals surface area contributed by atoms with Gasteiger partial charge in [-0.3, -0.25) is 0 Å². The third-order valence-corrected chi connectivity index (χ3v) is 2.70. The van der Waals surface area contributed by atoms with Gasteiger partial charge in [0.15, 0.2) is 11.5 Å². The predicted molar refractivity (Wildman–Crippen MR) is 68.9 cm³/mol. The van der Waals surface area contributed by atoms with Crippen LogP contribution in [-0.4, -0.2) is 11.8 Å². The van der Waals surface area contributed by atoms with Crippen LogP contribution >= 0.6 is 0 Å². The highest BCUT2D eigenvalue weighted by atomic mass is 16.7. The molecule has 6 nitrogen and oxygen atoms in total. The summed E-state index contributed by atoms with van der Waals surface area (Å²) in [5, 5.41) is 0. The maximum absolute atomic E-state index is 5.59. The second-order valence-electron chi connectivity index (χ2n) is 3.98. The van der Waals surface area contributed by atoms with E-state index in [0.717, 1.165) is 17.1 Å². The van der Waals surface area contributed by atoms with Crippen LogP contribution in [0.4, 0.5) is 5.82 Å². The number of pyridine rings is 1. The van der Waals surface area contributed by atoms with Crippen molar-refractivity contribution in [2.75, 3.05) is 12.2 Å². The first-order chi connectivity index (χ1) is 9.35. The third kappa shape index (κ3) is 2.53. The summed E-state index contributed by atoms with van der Waals surface area (Å²) in [6, 6.07) is 11.0. The topological polar surface area (TPSA) is 78.6 Å². The number of aromatic nitrogens is 1. The molecule has 0 bridgehead atoms. The Balaban J connectivity index is 1.68. The fourth-order valence-electron chi connectivity index (χ4n) is 1.76. The number of ether oxygens (including phenoxy) is 3. The molecule has 0 saturated heterocycles. The highest BCUT2D eigenvalue weighted by Gasteiger charge is 2.13. The van der Waals surface area contributed by atoms with Gasteiger partial charge in [0.1, 0.15) is 12.4 Å². The van der Waals surface area contributed by atoms with E-state index in [4.69, 9.17) is 20.1 Å². The third-order valence-electron chi connectivity index (χ3n) is 2.70. The van der Waals surface area contributed by atoms with Crippen molar-refractivity contribution >= 4 is 5.82 Å². The summed E-state index contributed by atoms with van der Waals surface area (Å²) in [7, 11) is 0. The molecule has 0 fully saturated rings. The molecule has 1 aliphatic rings. The first-order valence-electron chi connectivity index (χ1n) is 5.80. The van der Waals surface area contributed by atoms with E-state index in [1.165, 1.54) is 0 Å². The lowest BCUT2D eigenvalue weighted by atomic mass is 10.2.